The molecule has 0 atom stereocenters. The van der Waals surface area contributed by atoms with Crippen molar-refractivity contribution in [3.05, 3.63) is 58.5 Å². The molecular formula is C22H25Cl2N3O4. The number of halogens is 2. The molecule has 0 saturated heterocycles. The van der Waals surface area contributed by atoms with E-state index in [1.54, 1.807) is 13.2 Å². The van der Waals surface area contributed by atoms with Gasteiger partial charge in [-0.25, -0.2) is 0 Å². The molecule has 166 valence electrons. The molecule has 1 aliphatic rings. The number of methoxy groups -OCH3 is 1. The first-order valence-corrected chi connectivity index (χ1v) is 10.4. The van der Waals surface area contributed by atoms with Gasteiger partial charge < -0.3 is 29.2 Å². The van der Waals surface area contributed by atoms with Gasteiger partial charge in [0.25, 0.3) is 0 Å². The van der Waals surface area contributed by atoms with Gasteiger partial charge in [0, 0.05) is 30.6 Å². The summed E-state index contributed by atoms with van der Waals surface area (Å²) in [5.41, 5.74) is 1.99. The summed E-state index contributed by atoms with van der Waals surface area (Å²) in [6, 6.07) is 3.67. The van der Waals surface area contributed by atoms with Crippen LogP contribution < -0.4 is 19.5 Å². The molecular weight excluding hydrogens is 441 g/mol. The summed E-state index contributed by atoms with van der Waals surface area (Å²) < 4.78 is 23.0. The third-order valence-electron chi connectivity index (χ3n) is 4.39. The first-order valence-electron chi connectivity index (χ1n) is 9.61. The number of likely N-dealkylation sites (N-methyl/N-ethyl adjacent to an activating group) is 1. The fourth-order valence-corrected chi connectivity index (χ4v) is 3.33. The van der Waals surface area contributed by atoms with E-state index in [4.69, 9.17) is 42.1 Å². The molecule has 0 amide bonds. The average Bonchev–Trinajstić information content (AvgIpc) is 2.72. The number of aromatic nitrogens is 1. The summed E-state index contributed by atoms with van der Waals surface area (Å²) in [4.78, 5) is 6.04. The van der Waals surface area contributed by atoms with Crippen LogP contribution in [0.25, 0.3) is 5.70 Å². The molecule has 1 aromatic heterocycles. The highest BCUT2D eigenvalue weighted by Gasteiger charge is 2.25. The van der Waals surface area contributed by atoms with Crippen molar-refractivity contribution < 1.29 is 18.9 Å². The summed E-state index contributed by atoms with van der Waals surface area (Å²) in [6.45, 7) is 6.18. The van der Waals surface area contributed by atoms with E-state index in [0.29, 0.717) is 64.3 Å². The molecule has 9 heteroatoms. The van der Waals surface area contributed by atoms with Crippen molar-refractivity contribution in [2.75, 3.05) is 52.9 Å². The summed E-state index contributed by atoms with van der Waals surface area (Å²) >= 11 is 12.5. The molecule has 2 heterocycles. The second kappa shape index (κ2) is 10.7. The number of allylic oxidation sites excluding steroid dienone is 1. The number of fused-ring (bicyclic) bond motifs is 1. The Kier molecular flexibility index (Phi) is 8.03. The minimum Gasteiger partial charge on any atom is -0.493 e. The van der Waals surface area contributed by atoms with Gasteiger partial charge in [-0.2, -0.15) is 0 Å². The van der Waals surface area contributed by atoms with Crippen molar-refractivity contribution >= 4 is 34.6 Å². The lowest BCUT2D eigenvalue weighted by Crippen LogP contribution is -2.19. The van der Waals surface area contributed by atoms with Gasteiger partial charge in [0.05, 0.1) is 41.8 Å². The molecule has 1 aliphatic heterocycles. The van der Waals surface area contributed by atoms with Crippen molar-refractivity contribution in [1.29, 1.82) is 0 Å². The highest BCUT2D eigenvalue weighted by Crippen LogP contribution is 2.46. The van der Waals surface area contributed by atoms with Gasteiger partial charge >= 0.3 is 0 Å². The molecule has 7 nitrogen and oxygen atoms in total. The van der Waals surface area contributed by atoms with E-state index in [1.165, 1.54) is 12.4 Å². The lowest BCUT2D eigenvalue weighted by molar-refractivity contribution is 0.0872. The minimum absolute atomic E-state index is 0.338. The standard InChI is InChI=1S/C22H25Cl2N3O4/c1-14-11-18(26-20-16(23)12-25-13-17(20)24)15-5-6-19(28-4)22(21(15)31-14)30-10-9-29-8-7-27(2)3/h5-6,11-13H,1,7-10H2,2-4H3,(H,25,26). The van der Waals surface area contributed by atoms with Gasteiger partial charge in [-0.3, -0.25) is 4.98 Å². The number of hydrogen-bond acceptors (Lipinski definition) is 7. The van der Waals surface area contributed by atoms with Crippen LogP contribution in [0.5, 0.6) is 17.2 Å². The van der Waals surface area contributed by atoms with Crippen LogP contribution >= 0.6 is 23.2 Å². The lowest BCUT2D eigenvalue weighted by Gasteiger charge is -2.25. The van der Waals surface area contributed by atoms with Crippen LogP contribution in [0.15, 0.2) is 42.9 Å². The van der Waals surface area contributed by atoms with E-state index in [-0.39, 0.29) is 0 Å². The quantitative estimate of drug-likeness (QED) is 0.509. The van der Waals surface area contributed by atoms with Crippen LogP contribution in [0.1, 0.15) is 5.56 Å². The second-order valence-corrected chi connectivity index (χ2v) is 7.78. The largest absolute Gasteiger partial charge is 0.493 e. The number of benzene rings is 1. The molecule has 1 aromatic carbocycles. The van der Waals surface area contributed by atoms with E-state index >= 15 is 0 Å². The van der Waals surface area contributed by atoms with Crippen LogP contribution in [-0.2, 0) is 4.74 Å². The molecule has 0 spiro atoms. The van der Waals surface area contributed by atoms with Crippen molar-refractivity contribution in [1.82, 2.24) is 9.88 Å². The zero-order valence-corrected chi connectivity index (χ0v) is 19.2. The molecule has 2 aromatic rings. The molecule has 3 rings (SSSR count). The summed E-state index contributed by atoms with van der Waals surface area (Å²) in [5.74, 6) is 1.93. The molecule has 0 saturated carbocycles. The van der Waals surface area contributed by atoms with Crippen LogP contribution in [-0.4, -0.2) is 57.5 Å². The molecule has 0 radical (unpaired) electrons. The zero-order chi connectivity index (χ0) is 22.4. The maximum Gasteiger partial charge on any atom is 0.205 e. The highest BCUT2D eigenvalue weighted by atomic mass is 35.5. The Morgan fingerprint density at radius 3 is 2.55 bits per heavy atom. The van der Waals surface area contributed by atoms with Gasteiger partial charge in [0.15, 0.2) is 11.5 Å². The van der Waals surface area contributed by atoms with Crippen LogP contribution in [0.4, 0.5) is 5.69 Å². The molecule has 0 aliphatic carbocycles. The highest BCUT2D eigenvalue weighted by molar-refractivity contribution is 6.39. The minimum atomic E-state index is 0.338. The number of anilines is 1. The van der Waals surface area contributed by atoms with Crippen molar-refractivity contribution in [2.45, 2.75) is 0 Å². The zero-order valence-electron chi connectivity index (χ0n) is 17.7. The molecule has 31 heavy (non-hydrogen) atoms. The van der Waals surface area contributed by atoms with Crippen molar-refractivity contribution in [3.63, 3.8) is 0 Å². The van der Waals surface area contributed by atoms with E-state index in [2.05, 4.69) is 21.8 Å². The summed E-state index contributed by atoms with van der Waals surface area (Å²) in [5, 5.41) is 4.04. The maximum absolute atomic E-state index is 6.27. The number of rotatable bonds is 10. The van der Waals surface area contributed by atoms with E-state index in [1.807, 2.05) is 26.2 Å². The Morgan fingerprint density at radius 2 is 1.87 bits per heavy atom. The number of pyridine rings is 1. The third kappa shape index (κ3) is 5.83. The Morgan fingerprint density at radius 1 is 1.13 bits per heavy atom. The van der Waals surface area contributed by atoms with Gasteiger partial charge in [-0.15, -0.1) is 0 Å². The smallest absolute Gasteiger partial charge is 0.205 e. The number of hydrogen-bond donors (Lipinski definition) is 1. The lowest BCUT2D eigenvalue weighted by atomic mass is 10.1. The Labute approximate surface area is 192 Å². The first-order chi connectivity index (χ1) is 14.9. The van der Waals surface area contributed by atoms with E-state index < -0.39 is 0 Å². The van der Waals surface area contributed by atoms with Crippen molar-refractivity contribution in [3.8, 4) is 17.2 Å². The van der Waals surface area contributed by atoms with Crippen LogP contribution in [0.2, 0.25) is 10.0 Å². The Bertz CT molecular complexity index is 959. The molecule has 0 bridgehead atoms. The number of ether oxygens (including phenoxy) is 4. The fraction of sp³-hybridized carbons (Fsp3) is 0.318. The van der Waals surface area contributed by atoms with Crippen LogP contribution in [0.3, 0.4) is 0 Å². The monoisotopic (exact) mass is 465 g/mol. The topological polar surface area (TPSA) is 65.1 Å². The molecule has 0 unspecified atom stereocenters. The Balaban J connectivity index is 1.83. The van der Waals surface area contributed by atoms with Gasteiger partial charge in [0.1, 0.15) is 12.4 Å². The van der Waals surface area contributed by atoms with Crippen LogP contribution in [0, 0.1) is 0 Å². The average molecular weight is 466 g/mol. The SMILES string of the molecule is C=C1C=C(Nc2c(Cl)cncc2Cl)c2ccc(OC)c(OCCOCCN(C)C)c2O1. The first kappa shape index (κ1) is 23.2. The summed E-state index contributed by atoms with van der Waals surface area (Å²) in [7, 11) is 5.57. The second-order valence-electron chi connectivity index (χ2n) is 6.97. The predicted octanol–water partition coefficient (Wildman–Crippen LogP) is 4.71. The predicted molar refractivity (Wildman–Crippen MR) is 123 cm³/mol. The van der Waals surface area contributed by atoms with Gasteiger partial charge in [0.2, 0.25) is 5.75 Å². The molecule has 0 fully saturated rings. The fourth-order valence-electron chi connectivity index (χ4n) is 2.88. The van der Waals surface area contributed by atoms with Gasteiger partial charge in [-0.05, 0) is 26.2 Å². The van der Waals surface area contributed by atoms with Gasteiger partial charge in [-0.1, -0.05) is 29.8 Å². The number of nitrogens with one attached hydrogen (secondary N) is 1. The Hall–Kier alpha value is -2.45. The number of nitrogens with zero attached hydrogens (tertiary/aromatic N) is 2. The maximum atomic E-state index is 6.27. The van der Waals surface area contributed by atoms with Crippen molar-refractivity contribution in [2.24, 2.45) is 0 Å². The normalized spacial score (nSPS) is 12.8. The third-order valence-corrected chi connectivity index (χ3v) is 4.97. The molecule has 1 N–H and O–H groups in total. The van der Waals surface area contributed by atoms with E-state index in [9.17, 15) is 0 Å². The van der Waals surface area contributed by atoms with E-state index in [0.717, 1.165) is 12.1 Å². The summed E-state index contributed by atoms with van der Waals surface area (Å²) in [6.07, 6.45) is 4.80.